The van der Waals surface area contributed by atoms with E-state index in [1.165, 1.54) is 19.1 Å². The number of rotatable bonds is 8. The van der Waals surface area contributed by atoms with Crippen molar-refractivity contribution in [2.75, 3.05) is 0 Å². The molecule has 0 saturated heterocycles. The summed E-state index contributed by atoms with van der Waals surface area (Å²) in [7, 11) is 0. The van der Waals surface area contributed by atoms with E-state index >= 15 is 0 Å². The van der Waals surface area contributed by atoms with Crippen LogP contribution >= 0.6 is 0 Å². The van der Waals surface area contributed by atoms with Crippen molar-refractivity contribution in [3.05, 3.63) is 29.3 Å². The Morgan fingerprint density at radius 3 is 2.29 bits per heavy atom. The van der Waals surface area contributed by atoms with Crippen LogP contribution in [0.1, 0.15) is 63.3 Å². The SMILES string of the molecule is C[C@@H](CCC(=O)O)Oc1c([C@@H](C)[AsH]C(=O)OC(C)(C)C)cccc1C(F)(F)F. The molecular weight excluding hydrogens is 440 g/mol. The van der Waals surface area contributed by atoms with Gasteiger partial charge in [0.15, 0.2) is 0 Å². The zero-order valence-corrected chi connectivity index (χ0v) is 18.6. The number of aliphatic carboxylic acids is 1. The molecule has 0 bridgehead atoms. The van der Waals surface area contributed by atoms with E-state index < -0.39 is 54.6 Å². The summed E-state index contributed by atoms with van der Waals surface area (Å²) in [6.07, 6.45) is -5.51. The van der Waals surface area contributed by atoms with Crippen LogP contribution in [-0.2, 0) is 15.7 Å². The van der Waals surface area contributed by atoms with Crippen LogP contribution in [0.3, 0.4) is 0 Å². The summed E-state index contributed by atoms with van der Waals surface area (Å²) in [6.45, 7) is 8.38. The molecule has 1 unspecified atom stereocenters. The third-order valence-corrected chi connectivity index (χ3v) is 5.90. The summed E-state index contributed by atoms with van der Waals surface area (Å²) < 4.78 is 50.4. The Kier molecular flexibility index (Phi) is 8.42. The minimum atomic E-state index is -4.64. The van der Waals surface area contributed by atoms with E-state index in [0.717, 1.165) is 6.07 Å². The first kappa shape index (κ1) is 24.3. The molecule has 1 aromatic carbocycles. The Morgan fingerprint density at radius 2 is 1.79 bits per heavy atom. The molecular formula is C19H26AsF3O5. The van der Waals surface area contributed by atoms with Crippen molar-refractivity contribution in [1.82, 2.24) is 0 Å². The first-order chi connectivity index (χ1) is 12.7. The van der Waals surface area contributed by atoms with E-state index in [1.54, 1.807) is 27.7 Å². The van der Waals surface area contributed by atoms with Crippen LogP contribution in [0.15, 0.2) is 18.2 Å². The van der Waals surface area contributed by atoms with Crippen LogP contribution in [0.25, 0.3) is 0 Å². The van der Waals surface area contributed by atoms with Gasteiger partial charge in [0.2, 0.25) is 0 Å². The number of halogens is 3. The van der Waals surface area contributed by atoms with Crippen LogP contribution in [0, 0.1) is 0 Å². The predicted octanol–water partition coefficient (Wildman–Crippen LogP) is 4.77. The average molecular weight is 466 g/mol. The summed E-state index contributed by atoms with van der Waals surface area (Å²) in [4.78, 5) is 22.9. The zero-order valence-electron chi connectivity index (χ0n) is 16.5. The van der Waals surface area contributed by atoms with Gasteiger partial charge in [0, 0.05) is 0 Å². The van der Waals surface area contributed by atoms with Crippen LogP contribution in [0.5, 0.6) is 5.75 Å². The van der Waals surface area contributed by atoms with Gasteiger partial charge in [-0.1, -0.05) is 0 Å². The number of hydrogen-bond donors (Lipinski definition) is 1. The Labute approximate surface area is 169 Å². The summed E-state index contributed by atoms with van der Waals surface area (Å²) in [6, 6.07) is 3.71. The molecule has 0 saturated carbocycles. The van der Waals surface area contributed by atoms with Crippen molar-refractivity contribution in [2.45, 2.75) is 70.0 Å². The molecule has 0 aliphatic carbocycles. The molecule has 1 rings (SSSR count). The Hall–Kier alpha value is -1.69. The first-order valence-corrected chi connectivity index (χ1v) is 11.0. The molecule has 0 aliphatic rings. The second-order valence-corrected chi connectivity index (χ2v) is 10.7. The number of benzene rings is 1. The van der Waals surface area contributed by atoms with E-state index in [-0.39, 0.29) is 24.2 Å². The molecule has 5 nitrogen and oxygen atoms in total. The van der Waals surface area contributed by atoms with Gasteiger partial charge in [-0.15, -0.1) is 0 Å². The summed E-state index contributed by atoms with van der Waals surface area (Å²) in [5, 5.41) is 8.77. The van der Waals surface area contributed by atoms with Crippen LogP contribution in [0.4, 0.5) is 18.0 Å². The van der Waals surface area contributed by atoms with Crippen molar-refractivity contribution in [3.63, 3.8) is 0 Å². The maximum absolute atomic E-state index is 13.5. The van der Waals surface area contributed by atoms with Gasteiger partial charge >= 0.3 is 169 Å². The fourth-order valence-corrected chi connectivity index (χ4v) is 4.71. The van der Waals surface area contributed by atoms with E-state index in [2.05, 4.69) is 0 Å². The second-order valence-electron chi connectivity index (χ2n) is 7.45. The zero-order chi connectivity index (χ0) is 21.7. The van der Waals surface area contributed by atoms with Gasteiger partial charge < -0.3 is 0 Å². The van der Waals surface area contributed by atoms with Gasteiger partial charge in [0.1, 0.15) is 0 Å². The number of hydrogen-bond acceptors (Lipinski definition) is 4. The fraction of sp³-hybridized carbons (Fsp3) is 0.579. The molecule has 0 heterocycles. The predicted molar refractivity (Wildman–Crippen MR) is 100 cm³/mol. The third kappa shape index (κ3) is 8.13. The molecule has 0 aliphatic heterocycles. The van der Waals surface area contributed by atoms with Crippen molar-refractivity contribution in [2.24, 2.45) is 0 Å². The van der Waals surface area contributed by atoms with Crippen molar-refractivity contribution < 1.29 is 37.3 Å². The van der Waals surface area contributed by atoms with Crippen LogP contribution in [0.2, 0.25) is 0 Å². The molecule has 1 N–H and O–H groups in total. The Bertz CT molecular complexity index is 698. The average Bonchev–Trinajstić information content (AvgIpc) is 2.49. The van der Waals surface area contributed by atoms with Gasteiger partial charge in [-0.25, -0.2) is 0 Å². The number of carboxylic acids is 1. The molecule has 3 atom stereocenters. The van der Waals surface area contributed by atoms with E-state index in [4.69, 9.17) is 14.6 Å². The molecule has 158 valence electrons. The van der Waals surface area contributed by atoms with Gasteiger partial charge in [-0.3, -0.25) is 0 Å². The number of carbonyl (C=O) groups excluding carboxylic acids is 1. The van der Waals surface area contributed by atoms with Crippen molar-refractivity contribution in [3.8, 4) is 5.75 Å². The molecule has 0 aromatic heterocycles. The maximum atomic E-state index is 13.5. The normalized spacial score (nSPS) is 14.7. The number of carboxylic acid groups (broad SMARTS) is 1. The molecule has 0 amide bonds. The van der Waals surface area contributed by atoms with E-state index in [0.29, 0.717) is 0 Å². The number of para-hydroxylation sites is 1. The van der Waals surface area contributed by atoms with Gasteiger partial charge in [-0.2, -0.15) is 0 Å². The molecule has 0 fully saturated rings. The van der Waals surface area contributed by atoms with Crippen LogP contribution < -0.4 is 4.74 Å². The van der Waals surface area contributed by atoms with E-state index in [1.807, 2.05) is 0 Å². The third-order valence-electron chi connectivity index (χ3n) is 3.63. The van der Waals surface area contributed by atoms with Crippen molar-refractivity contribution >= 4 is 26.5 Å². The quantitative estimate of drug-likeness (QED) is 0.559. The van der Waals surface area contributed by atoms with Gasteiger partial charge in [0.05, 0.1) is 0 Å². The monoisotopic (exact) mass is 466 g/mol. The summed E-state index contributed by atoms with van der Waals surface area (Å²) in [5.74, 6) is -1.39. The fourth-order valence-electron chi connectivity index (χ4n) is 2.40. The molecule has 0 spiro atoms. The number of ether oxygens (including phenoxy) is 2. The topological polar surface area (TPSA) is 72.8 Å². The van der Waals surface area contributed by atoms with Gasteiger partial charge in [-0.05, 0) is 0 Å². The van der Waals surface area contributed by atoms with E-state index in [9.17, 15) is 22.8 Å². The second kappa shape index (κ2) is 9.68. The standard InChI is InChI=1S/C19H26AsF3O5/c1-11(9-10-15(24)25)27-16-13(7-6-8-14(16)19(21,22)23)12(2)20-17(26)28-18(3,4)5/h6-8,11-12,20H,9-10H2,1-5H3,(H,24,25)/t11-,12+/m0/s1. The Morgan fingerprint density at radius 1 is 1.18 bits per heavy atom. The van der Waals surface area contributed by atoms with Gasteiger partial charge in [0.25, 0.3) is 0 Å². The molecule has 0 radical (unpaired) electrons. The summed E-state index contributed by atoms with van der Waals surface area (Å²) >= 11 is -1.42. The molecule has 9 heteroatoms. The number of carbonyl (C=O) groups is 2. The molecule has 28 heavy (non-hydrogen) atoms. The Balaban J connectivity index is 3.16. The van der Waals surface area contributed by atoms with Crippen molar-refractivity contribution in [1.29, 1.82) is 0 Å². The first-order valence-electron chi connectivity index (χ1n) is 8.78. The summed E-state index contributed by atoms with van der Waals surface area (Å²) in [5.41, 5.74) is -1.32. The minimum absolute atomic E-state index is 0.0672. The van der Waals surface area contributed by atoms with Crippen LogP contribution in [-0.4, -0.2) is 43.3 Å². The number of alkyl halides is 3. The molecule has 1 aromatic rings.